The number of carbonyl (C=O) groups is 1. The Hall–Kier alpha value is -4.20. The van der Waals surface area contributed by atoms with Gasteiger partial charge in [0.25, 0.3) is 5.91 Å². The molecule has 154 valence electrons. The molecule has 5 rings (SSSR count). The number of carbonyl (C=O) groups excluding carboxylic acids is 1. The van der Waals surface area contributed by atoms with Gasteiger partial charge in [0, 0.05) is 23.3 Å². The van der Waals surface area contributed by atoms with Crippen molar-refractivity contribution >= 4 is 27.8 Å². The molecule has 8 nitrogen and oxygen atoms in total. The van der Waals surface area contributed by atoms with Crippen LogP contribution in [0.15, 0.2) is 60.9 Å². The van der Waals surface area contributed by atoms with E-state index < -0.39 is 0 Å². The van der Waals surface area contributed by atoms with E-state index in [1.54, 1.807) is 19.5 Å². The van der Waals surface area contributed by atoms with Crippen molar-refractivity contribution < 1.29 is 9.53 Å². The fourth-order valence-electron chi connectivity index (χ4n) is 3.62. The average molecular weight is 412 g/mol. The van der Waals surface area contributed by atoms with E-state index in [9.17, 15) is 4.79 Å². The summed E-state index contributed by atoms with van der Waals surface area (Å²) in [4.78, 5) is 24.5. The predicted molar refractivity (Wildman–Crippen MR) is 118 cm³/mol. The van der Waals surface area contributed by atoms with Crippen LogP contribution in [0.3, 0.4) is 0 Å². The van der Waals surface area contributed by atoms with Gasteiger partial charge in [0.2, 0.25) is 0 Å². The summed E-state index contributed by atoms with van der Waals surface area (Å²) >= 11 is 0. The Morgan fingerprint density at radius 3 is 2.74 bits per heavy atom. The highest BCUT2D eigenvalue weighted by molar-refractivity contribution is 6.02. The molecule has 5 aromatic rings. The molecule has 0 unspecified atom stereocenters. The lowest BCUT2D eigenvalue weighted by molar-refractivity contribution is 0.0930. The number of pyridine rings is 1. The summed E-state index contributed by atoms with van der Waals surface area (Å²) in [5, 5.41) is 11.4. The minimum absolute atomic E-state index is 0.201. The van der Waals surface area contributed by atoms with Gasteiger partial charge in [-0.3, -0.25) is 14.9 Å². The van der Waals surface area contributed by atoms with Crippen molar-refractivity contribution in [3.05, 3.63) is 72.3 Å². The maximum Gasteiger partial charge on any atom is 0.287 e. The summed E-state index contributed by atoms with van der Waals surface area (Å²) < 4.78 is 5.26. The van der Waals surface area contributed by atoms with Gasteiger partial charge in [-0.25, -0.2) is 4.98 Å². The first kappa shape index (κ1) is 18.8. The minimum Gasteiger partial charge on any atom is -0.497 e. The SMILES string of the molecule is COc1cccc([C@@H](C)NC(=O)c2nc3cc4c(-c5ccncc5)n[nH]c4cc3[nH]2)c1. The van der Waals surface area contributed by atoms with Gasteiger partial charge in [-0.1, -0.05) is 12.1 Å². The lowest BCUT2D eigenvalue weighted by Crippen LogP contribution is -2.27. The number of aromatic amines is 2. The van der Waals surface area contributed by atoms with Gasteiger partial charge in [0.05, 0.1) is 29.7 Å². The zero-order chi connectivity index (χ0) is 21.4. The molecular formula is C23H20N6O2. The summed E-state index contributed by atoms with van der Waals surface area (Å²) in [6, 6.07) is 15.1. The molecular weight excluding hydrogens is 392 g/mol. The molecule has 0 aliphatic rings. The third-order valence-electron chi connectivity index (χ3n) is 5.27. The number of amides is 1. The first-order valence-electron chi connectivity index (χ1n) is 9.85. The van der Waals surface area contributed by atoms with Crippen molar-refractivity contribution in [1.29, 1.82) is 0 Å². The van der Waals surface area contributed by atoms with Crippen LogP contribution >= 0.6 is 0 Å². The Labute approximate surface area is 177 Å². The lowest BCUT2D eigenvalue weighted by atomic mass is 10.1. The second-order valence-electron chi connectivity index (χ2n) is 7.28. The molecule has 0 saturated heterocycles. The predicted octanol–water partition coefficient (Wildman–Crippen LogP) is 4.00. The van der Waals surface area contributed by atoms with E-state index in [1.165, 1.54) is 0 Å². The fourth-order valence-corrected chi connectivity index (χ4v) is 3.62. The molecule has 0 fully saturated rings. The van der Waals surface area contributed by atoms with Gasteiger partial charge in [-0.15, -0.1) is 0 Å². The van der Waals surface area contributed by atoms with Gasteiger partial charge in [0.15, 0.2) is 5.82 Å². The van der Waals surface area contributed by atoms with Crippen LogP contribution in [0.25, 0.3) is 33.2 Å². The second-order valence-corrected chi connectivity index (χ2v) is 7.28. The number of imidazole rings is 1. The molecule has 3 heterocycles. The van der Waals surface area contributed by atoms with Gasteiger partial charge in [-0.2, -0.15) is 5.10 Å². The van der Waals surface area contributed by atoms with Gasteiger partial charge in [-0.05, 0) is 48.9 Å². The van der Waals surface area contributed by atoms with Crippen molar-refractivity contribution in [2.24, 2.45) is 0 Å². The molecule has 0 saturated carbocycles. The summed E-state index contributed by atoms with van der Waals surface area (Å²) in [7, 11) is 1.62. The van der Waals surface area contributed by atoms with E-state index in [4.69, 9.17) is 4.74 Å². The summed E-state index contributed by atoms with van der Waals surface area (Å²) in [6.45, 7) is 1.92. The van der Waals surface area contributed by atoms with E-state index in [2.05, 4.69) is 30.5 Å². The number of benzene rings is 2. The number of rotatable bonds is 5. The molecule has 1 amide bonds. The van der Waals surface area contributed by atoms with Crippen molar-refractivity contribution in [2.45, 2.75) is 13.0 Å². The average Bonchev–Trinajstić information content (AvgIpc) is 3.41. The number of H-pyrrole nitrogens is 2. The number of nitrogens with zero attached hydrogens (tertiary/aromatic N) is 3. The normalized spacial score (nSPS) is 12.2. The third-order valence-corrected chi connectivity index (χ3v) is 5.27. The number of methoxy groups -OCH3 is 1. The zero-order valence-electron chi connectivity index (χ0n) is 17.0. The number of hydrogen-bond acceptors (Lipinski definition) is 5. The van der Waals surface area contributed by atoms with E-state index in [0.29, 0.717) is 5.52 Å². The molecule has 2 aromatic carbocycles. The Kier molecular flexibility index (Phi) is 4.59. The number of hydrogen-bond donors (Lipinski definition) is 3. The largest absolute Gasteiger partial charge is 0.497 e. The molecule has 0 aliphatic heterocycles. The van der Waals surface area contributed by atoms with Crippen LogP contribution in [-0.2, 0) is 0 Å². The molecule has 0 spiro atoms. The summed E-state index contributed by atoms with van der Waals surface area (Å²) in [6.07, 6.45) is 3.46. The van der Waals surface area contributed by atoms with E-state index in [0.717, 1.165) is 39.0 Å². The molecule has 0 bridgehead atoms. The van der Waals surface area contributed by atoms with Gasteiger partial charge >= 0.3 is 0 Å². The van der Waals surface area contributed by atoms with Crippen LogP contribution in [0.5, 0.6) is 5.75 Å². The van der Waals surface area contributed by atoms with Crippen LogP contribution in [0, 0.1) is 0 Å². The Morgan fingerprint density at radius 1 is 1.10 bits per heavy atom. The Morgan fingerprint density at radius 2 is 1.94 bits per heavy atom. The zero-order valence-corrected chi connectivity index (χ0v) is 17.0. The van der Waals surface area contributed by atoms with Gasteiger partial charge < -0.3 is 15.0 Å². The first-order valence-corrected chi connectivity index (χ1v) is 9.85. The second kappa shape index (κ2) is 7.56. The number of aromatic nitrogens is 5. The lowest BCUT2D eigenvalue weighted by Gasteiger charge is -2.14. The van der Waals surface area contributed by atoms with Crippen molar-refractivity contribution in [2.75, 3.05) is 7.11 Å². The fraction of sp³-hybridized carbons (Fsp3) is 0.130. The topological polar surface area (TPSA) is 109 Å². The molecule has 0 radical (unpaired) electrons. The molecule has 3 aromatic heterocycles. The molecule has 31 heavy (non-hydrogen) atoms. The molecule has 0 aliphatic carbocycles. The van der Waals surface area contributed by atoms with Gasteiger partial charge in [0.1, 0.15) is 11.4 Å². The Bertz CT molecular complexity index is 1390. The van der Waals surface area contributed by atoms with Crippen LogP contribution in [0.2, 0.25) is 0 Å². The number of ether oxygens (including phenoxy) is 1. The highest BCUT2D eigenvalue weighted by Gasteiger charge is 2.17. The van der Waals surface area contributed by atoms with Crippen molar-refractivity contribution in [3.63, 3.8) is 0 Å². The molecule has 8 heteroatoms. The Balaban J connectivity index is 1.44. The van der Waals surface area contributed by atoms with E-state index in [-0.39, 0.29) is 17.8 Å². The van der Waals surface area contributed by atoms with Crippen molar-refractivity contribution in [1.82, 2.24) is 30.5 Å². The van der Waals surface area contributed by atoms with E-state index >= 15 is 0 Å². The highest BCUT2D eigenvalue weighted by Crippen LogP contribution is 2.29. The highest BCUT2D eigenvalue weighted by atomic mass is 16.5. The van der Waals surface area contributed by atoms with Crippen molar-refractivity contribution in [3.8, 4) is 17.0 Å². The molecule has 3 N–H and O–H groups in total. The molecule has 1 atom stereocenters. The first-order chi connectivity index (χ1) is 15.1. The minimum atomic E-state index is -0.275. The van der Waals surface area contributed by atoms with Crippen LogP contribution < -0.4 is 10.1 Å². The standard InChI is InChI=1S/C23H20N6O2/c1-13(15-4-3-5-16(10-15)31-2)25-23(30)22-26-19-11-17-18(12-20(19)27-22)28-29-21(17)14-6-8-24-9-7-14/h3-13H,1-2H3,(H,25,30)(H,26,27)(H,28,29)/t13-/m1/s1. The van der Waals surface area contributed by atoms with Crippen LogP contribution in [-0.4, -0.2) is 38.2 Å². The smallest absolute Gasteiger partial charge is 0.287 e. The maximum absolute atomic E-state index is 12.8. The maximum atomic E-state index is 12.8. The van der Waals surface area contributed by atoms with Crippen LogP contribution in [0.1, 0.15) is 29.1 Å². The number of nitrogens with one attached hydrogen (secondary N) is 3. The summed E-state index contributed by atoms with van der Waals surface area (Å²) in [5.74, 6) is 0.731. The quantitative estimate of drug-likeness (QED) is 0.404. The third kappa shape index (κ3) is 3.48. The summed E-state index contributed by atoms with van der Waals surface area (Å²) in [5.41, 5.74) is 5.05. The number of fused-ring (bicyclic) bond motifs is 2. The monoisotopic (exact) mass is 412 g/mol. The van der Waals surface area contributed by atoms with Crippen LogP contribution in [0.4, 0.5) is 0 Å². The van der Waals surface area contributed by atoms with E-state index in [1.807, 2.05) is 55.5 Å².